The number of nitrogens with one attached hydrogen (secondary N) is 2. The van der Waals surface area contributed by atoms with Gasteiger partial charge in [-0.2, -0.15) is 0 Å². The zero-order chi connectivity index (χ0) is 34.7. The molecule has 50 heavy (non-hydrogen) atoms. The maximum atomic E-state index is 11.6. The van der Waals surface area contributed by atoms with Gasteiger partial charge in [0.05, 0.1) is 0 Å². The van der Waals surface area contributed by atoms with Crippen molar-refractivity contribution in [2.24, 2.45) is 10.7 Å². The number of nitrogens with two attached hydrogens (primary N) is 1. The molecule has 0 saturated heterocycles. The van der Waals surface area contributed by atoms with Gasteiger partial charge in [0.25, 0.3) is 0 Å². The van der Waals surface area contributed by atoms with E-state index in [2.05, 4.69) is 156 Å². The molecule has 1 atom stereocenters. The van der Waals surface area contributed by atoms with Crippen LogP contribution in [-0.2, 0) is 15.9 Å². The predicted molar refractivity (Wildman–Crippen MR) is 202 cm³/mol. The quantitative estimate of drug-likeness (QED) is 0.0441. The third-order valence-electron chi connectivity index (χ3n) is 9.11. The number of aliphatic carboxylic acids is 1. The van der Waals surface area contributed by atoms with Crippen LogP contribution in [-0.4, -0.2) is 29.6 Å². The Morgan fingerprint density at radius 3 is 1.02 bits per heavy atom. The molecule has 6 heteroatoms. The molecule has 5 N–H and O–H groups in total. The van der Waals surface area contributed by atoms with Gasteiger partial charge in [0.2, 0.25) is 0 Å². The molecule has 6 aromatic rings. The summed E-state index contributed by atoms with van der Waals surface area (Å²) in [5.41, 5.74) is 10.4. The van der Waals surface area contributed by atoms with E-state index in [1.165, 1.54) is 0 Å². The molecule has 250 valence electrons. The van der Waals surface area contributed by atoms with Crippen LogP contribution < -0.4 is 16.4 Å². The zero-order valence-corrected chi connectivity index (χ0v) is 27.9. The summed E-state index contributed by atoms with van der Waals surface area (Å²) in [5, 5.41) is 17.4. The van der Waals surface area contributed by atoms with Gasteiger partial charge in [-0.15, -0.1) is 0 Å². The summed E-state index contributed by atoms with van der Waals surface area (Å²) in [6, 6.07) is 61.4. The van der Waals surface area contributed by atoms with Gasteiger partial charge in [-0.25, -0.2) is 0 Å². The van der Waals surface area contributed by atoms with Crippen molar-refractivity contribution in [1.82, 2.24) is 10.6 Å². The highest BCUT2D eigenvalue weighted by atomic mass is 16.4. The van der Waals surface area contributed by atoms with Gasteiger partial charge in [0.1, 0.15) is 17.1 Å². The molecular weight excluding hydrogens is 617 g/mol. The summed E-state index contributed by atoms with van der Waals surface area (Å²) < 4.78 is 0. The van der Waals surface area contributed by atoms with Crippen molar-refractivity contribution in [2.75, 3.05) is 6.54 Å². The fourth-order valence-corrected chi connectivity index (χ4v) is 6.65. The average molecular weight is 659 g/mol. The summed E-state index contributed by atoms with van der Waals surface area (Å²) in [4.78, 5) is 16.8. The minimum Gasteiger partial charge on any atom is -0.480 e. The Balaban J connectivity index is 1.59. The number of rotatable bonds is 13. The van der Waals surface area contributed by atoms with E-state index >= 15 is 0 Å². The van der Waals surface area contributed by atoms with Crippen LogP contribution >= 0.6 is 0 Å². The molecule has 0 spiro atoms. The number of carbonyl (C=O) groups is 1. The number of carboxylic acid groups (broad SMARTS) is 1. The van der Waals surface area contributed by atoms with Crippen LogP contribution in [0.15, 0.2) is 187 Å². The van der Waals surface area contributed by atoms with Crippen molar-refractivity contribution >= 4 is 11.9 Å². The molecule has 0 aliphatic rings. The maximum Gasteiger partial charge on any atom is 0.320 e. The lowest BCUT2D eigenvalue weighted by molar-refractivity contribution is -0.138. The third-order valence-corrected chi connectivity index (χ3v) is 9.11. The van der Waals surface area contributed by atoms with Gasteiger partial charge in [0, 0.05) is 6.54 Å². The van der Waals surface area contributed by atoms with E-state index in [0.29, 0.717) is 25.3 Å². The molecule has 6 rings (SSSR count). The molecule has 0 unspecified atom stereocenters. The SMILES string of the molecule is N[C@@H](CCCN=C(NC(c1ccccc1)(c1ccccc1)c1ccccc1)NC(c1ccccc1)(c1ccccc1)c1ccccc1)C(=O)O. The Hall–Kier alpha value is -5.98. The monoisotopic (exact) mass is 658 g/mol. The van der Waals surface area contributed by atoms with E-state index in [4.69, 9.17) is 10.7 Å². The highest BCUT2D eigenvalue weighted by molar-refractivity contribution is 5.85. The van der Waals surface area contributed by atoms with Crippen LogP contribution in [0.1, 0.15) is 46.2 Å². The Bertz CT molecular complexity index is 1630. The molecule has 0 bridgehead atoms. The van der Waals surface area contributed by atoms with Crippen LogP contribution in [0.25, 0.3) is 0 Å². The Kier molecular flexibility index (Phi) is 10.8. The molecule has 0 aliphatic heterocycles. The van der Waals surface area contributed by atoms with Crippen LogP contribution in [0.3, 0.4) is 0 Å². The summed E-state index contributed by atoms with van der Waals surface area (Å²) in [6.07, 6.45) is 0.791. The molecule has 6 aromatic carbocycles. The van der Waals surface area contributed by atoms with Crippen molar-refractivity contribution in [2.45, 2.75) is 30.0 Å². The Morgan fingerprint density at radius 2 is 0.780 bits per heavy atom. The number of hydrogen-bond donors (Lipinski definition) is 4. The van der Waals surface area contributed by atoms with Crippen molar-refractivity contribution in [3.05, 3.63) is 215 Å². The molecule has 0 radical (unpaired) electrons. The van der Waals surface area contributed by atoms with Gasteiger partial charge in [-0.3, -0.25) is 9.79 Å². The molecule has 0 amide bonds. The first-order chi connectivity index (χ1) is 24.5. The Morgan fingerprint density at radius 1 is 0.520 bits per heavy atom. The lowest BCUT2D eigenvalue weighted by Gasteiger charge is -2.42. The van der Waals surface area contributed by atoms with E-state index in [1.54, 1.807) is 0 Å². The van der Waals surface area contributed by atoms with E-state index in [-0.39, 0.29) is 0 Å². The molecule has 0 fully saturated rings. The average Bonchev–Trinajstić information content (AvgIpc) is 3.19. The first-order valence-electron chi connectivity index (χ1n) is 17.0. The van der Waals surface area contributed by atoms with Crippen LogP contribution in [0.2, 0.25) is 0 Å². The number of aliphatic imine (C=N–C) groups is 1. The minimum absolute atomic E-state index is 0.300. The number of guanidine groups is 1. The van der Waals surface area contributed by atoms with Gasteiger partial charge in [-0.05, 0) is 46.2 Å². The van der Waals surface area contributed by atoms with Gasteiger partial charge in [-0.1, -0.05) is 182 Å². The summed E-state index contributed by atoms with van der Waals surface area (Å²) in [5.74, 6) is -0.472. The second-order valence-corrected chi connectivity index (χ2v) is 12.3. The van der Waals surface area contributed by atoms with Crippen molar-refractivity contribution < 1.29 is 9.90 Å². The minimum atomic E-state index is -1.02. The zero-order valence-electron chi connectivity index (χ0n) is 27.9. The lowest BCUT2D eigenvalue weighted by Crippen LogP contribution is -2.58. The largest absolute Gasteiger partial charge is 0.480 e. The molecule has 0 aromatic heterocycles. The number of benzene rings is 6. The van der Waals surface area contributed by atoms with Crippen LogP contribution in [0.4, 0.5) is 0 Å². The number of hydrogen-bond acceptors (Lipinski definition) is 3. The predicted octanol–water partition coefficient (Wildman–Crippen LogP) is 7.70. The van der Waals surface area contributed by atoms with E-state index in [1.807, 2.05) is 36.4 Å². The molecule has 0 aliphatic carbocycles. The number of carboxylic acids is 1. The highest BCUT2D eigenvalue weighted by Gasteiger charge is 2.41. The van der Waals surface area contributed by atoms with Crippen molar-refractivity contribution in [1.29, 1.82) is 0 Å². The molecular formula is C44H42N4O2. The second kappa shape index (κ2) is 15.9. The van der Waals surface area contributed by atoms with Gasteiger partial charge in [0.15, 0.2) is 5.96 Å². The standard InChI is InChI=1S/C44H42N4O2/c45-40(41(49)50)32-19-33-46-42(47-43(34-20-7-1-8-21-34,35-22-9-2-10-23-35)36-24-11-3-12-25-36)48-44(37-26-13-4-14-27-37,38-28-15-5-16-29-38)39-30-17-6-18-31-39/h1-18,20-31,40H,19,32-33,45H2,(H,49,50)(H2,46,47,48)/t40-/m0/s1. The molecule has 6 nitrogen and oxygen atoms in total. The fraction of sp³-hybridized carbons (Fsp3) is 0.136. The molecule has 0 heterocycles. The smallest absolute Gasteiger partial charge is 0.320 e. The first-order valence-corrected chi connectivity index (χ1v) is 17.0. The Labute approximate surface area is 294 Å². The summed E-state index contributed by atoms with van der Waals surface area (Å²) in [6.45, 7) is 0.346. The maximum absolute atomic E-state index is 11.6. The second-order valence-electron chi connectivity index (χ2n) is 12.3. The van der Waals surface area contributed by atoms with Crippen LogP contribution in [0, 0.1) is 0 Å². The number of nitrogens with zero attached hydrogens (tertiary/aromatic N) is 1. The molecule has 0 saturated carbocycles. The summed E-state index contributed by atoms with van der Waals surface area (Å²) in [7, 11) is 0. The van der Waals surface area contributed by atoms with Gasteiger partial charge >= 0.3 is 5.97 Å². The third kappa shape index (κ3) is 7.21. The van der Waals surface area contributed by atoms with E-state index in [9.17, 15) is 9.90 Å². The van der Waals surface area contributed by atoms with Crippen molar-refractivity contribution in [3.8, 4) is 0 Å². The topological polar surface area (TPSA) is 99.7 Å². The lowest BCUT2D eigenvalue weighted by atomic mass is 9.76. The normalized spacial score (nSPS) is 12.0. The van der Waals surface area contributed by atoms with Crippen LogP contribution in [0.5, 0.6) is 0 Å². The van der Waals surface area contributed by atoms with Gasteiger partial charge < -0.3 is 21.5 Å². The summed E-state index contributed by atoms with van der Waals surface area (Å²) >= 11 is 0. The van der Waals surface area contributed by atoms with E-state index < -0.39 is 23.1 Å². The fourth-order valence-electron chi connectivity index (χ4n) is 6.65. The van der Waals surface area contributed by atoms with E-state index in [0.717, 1.165) is 33.4 Å². The van der Waals surface area contributed by atoms with Crippen molar-refractivity contribution in [3.63, 3.8) is 0 Å². The highest BCUT2D eigenvalue weighted by Crippen LogP contribution is 2.39. The first kappa shape index (κ1) is 33.9.